The van der Waals surface area contributed by atoms with Gasteiger partial charge in [0.1, 0.15) is 9.71 Å². The van der Waals surface area contributed by atoms with Crippen LogP contribution in [0.3, 0.4) is 0 Å². The molecule has 2 aromatic heterocycles. The summed E-state index contributed by atoms with van der Waals surface area (Å²) >= 11 is 1.32. The van der Waals surface area contributed by atoms with Crippen LogP contribution in [0.1, 0.15) is 29.4 Å². The van der Waals surface area contributed by atoms with E-state index in [0.29, 0.717) is 23.7 Å². The highest BCUT2D eigenvalue weighted by atomic mass is 32.1. The maximum absolute atomic E-state index is 12.1. The van der Waals surface area contributed by atoms with Crippen molar-refractivity contribution in [2.45, 2.75) is 19.8 Å². The van der Waals surface area contributed by atoms with Crippen LogP contribution in [0.5, 0.6) is 0 Å². The minimum Gasteiger partial charge on any atom is -0.397 e. The Bertz CT molecular complexity index is 583. The van der Waals surface area contributed by atoms with Gasteiger partial charge in [-0.3, -0.25) is 4.79 Å². The first-order valence-electron chi connectivity index (χ1n) is 6.73. The van der Waals surface area contributed by atoms with Crippen LogP contribution in [-0.4, -0.2) is 30.6 Å². The molecular weight excluding hydrogens is 274 g/mol. The molecule has 2 heterocycles. The zero-order valence-corrected chi connectivity index (χ0v) is 12.3. The van der Waals surface area contributed by atoms with Crippen molar-refractivity contribution in [2.24, 2.45) is 0 Å². The molecule has 0 aliphatic carbocycles. The molecule has 0 bridgehead atoms. The summed E-state index contributed by atoms with van der Waals surface area (Å²) in [5.41, 5.74) is 6.51. The van der Waals surface area contributed by atoms with Gasteiger partial charge in [0.25, 0.3) is 5.91 Å². The summed E-state index contributed by atoms with van der Waals surface area (Å²) in [6.45, 7) is 4.09. The lowest BCUT2D eigenvalue weighted by Gasteiger charge is -2.05. The number of aromatic nitrogens is 1. The van der Waals surface area contributed by atoms with E-state index in [-0.39, 0.29) is 5.91 Å². The number of anilines is 1. The quantitative estimate of drug-likeness (QED) is 0.769. The largest absolute Gasteiger partial charge is 0.397 e. The number of rotatable bonds is 7. The number of pyridine rings is 1. The Morgan fingerprint density at radius 2 is 2.35 bits per heavy atom. The molecule has 108 valence electrons. The number of nitrogens with two attached hydrogens (primary N) is 1. The molecule has 3 N–H and O–H groups in total. The number of hydrogen-bond acceptors (Lipinski definition) is 5. The van der Waals surface area contributed by atoms with Crippen molar-refractivity contribution in [3.05, 3.63) is 23.2 Å². The van der Waals surface area contributed by atoms with Gasteiger partial charge in [-0.05, 0) is 25.0 Å². The molecule has 0 spiro atoms. The van der Waals surface area contributed by atoms with Crippen LogP contribution in [0.25, 0.3) is 10.2 Å². The van der Waals surface area contributed by atoms with Gasteiger partial charge in [-0.2, -0.15) is 0 Å². The second-order valence-electron chi connectivity index (χ2n) is 4.42. The number of carbonyl (C=O) groups is 1. The van der Waals surface area contributed by atoms with Crippen molar-refractivity contribution in [3.63, 3.8) is 0 Å². The third-order valence-electron chi connectivity index (χ3n) is 2.81. The topological polar surface area (TPSA) is 77.2 Å². The first-order valence-corrected chi connectivity index (χ1v) is 7.54. The molecule has 0 fully saturated rings. The maximum Gasteiger partial charge on any atom is 0.263 e. The van der Waals surface area contributed by atoms with Gasteiger partial charge in [0.15, 0.2) is 0 Å². The summed E-state index contributed by atoms with van der Waals surface area (Å²) in [5, 5.41) is 3.70. The highest BCUT2D eigenvalue weighted by molar-refractivity contribution is 7.21. The van der Waals surface area contributed by atoms with Gasteiger partial charge < -0.3 is 15.8 Å². The predicted molar refractivity (Wildman–Crippen MR) is 82.1 cm³/mol. The van der Waals surface area contributed by atoms with Gasteiger partial charge in [-0.1, -0.05) is 6.92 Å². The van der Waals surface area contributed by atoms with Gasteiger partial charge in [-0.25, -0.2) is 4.98 Å². The van der Waals surface area contributed by atoms with Crippen molar-refractivity contribution in [2.75, 3.05) is 25.5 Å². The van der Waals surface area contributed by atoms with E-state index in [9.17, 15) is 4.79 Å². The highest BCUT2D eigenvalue weighted by Crippen LogP contribution is 2.31. The van der Waals surface area contributed by atoms with Crippen LogP contribution in [0.2, 0.25) is 0 Å². The molecule has 0 aliphatic heterocycles. The van der Waals surface area contributed by atoms with Crippen LogP contribution < -0.4 is 11.1 Å². The molecule has 0 radical (unpaired) electrons. The van der Waals surface area contributed by atoms with E-state index in [0.717, 1.165) is 29.7 Å². The number of amides is 1. The van der Waals surface area contributed by atoms with E-state index in [1.165, 1.54) is 11.3 Å². The van der Waals surface area contributed by atoms with Crippen LogP contribution in [0.15, 0.2) is 18.3 Å². The molecular formula is C14H19N3O2S. The minimum atomic E-state index is -0.138. The second-order valence-corrected chi connectivity index (χ2v) is 5.42. The van der Waals surface area contributed by atoms with E-state index in [2.05, 4.69) is 17.2 Å². The van der Waals surface area contributed by atoms with Crippen LogP contribution in [0, 0.1) is 0 Å². The fourth-order valence-electron chi connectivity index (χ4n) is 1.82. The maximum atomic E-state index is 12.1. The molecule has 0 saturated carbocycles. The fourth-order valence-corrected chi connectivity index (χ4v) is 2.80. The number of nitrogens with zero attached hydrogens (tertiary/aromatic N) is 1. The highest BCUT2D eigenvalue weighted by Gasteiger charge is 2.16. The zero-order valence-electron chi connectivity index (χ0n) is 11.5. The normalized spacial score (nSPS) is 10.8. The van der Waals surface area contributed by atoms with Gasteiger partial charge >= 0.3 is 0 Å². The van der Waals surface area contributed by atoms with E-state index in [1.807, 2.05) is 12.1 Å². The van der Waals surface area contributed by atoms with E-state index >= 15 is 0 Å². The zero-order chi connectivity index (χ0) is 14.4. The molecule has 0 unspecified atom stereocenters. The van der Waals surface area contributed by atoms with Gasteiger partial charge in [0.2, 0.25) is 0 Å². The Morgan fingerprint density at radius 1 is 1.50 bits per heavy atom. The number of hydrogen-bond donors (Lipinski definition) is 2. The number of ether oxygens (including phenoxy) is 1. The van der Waals surface area contributed by atoms with Crippen LogP contribution >= 0.6 is 11.3 Å². The lowest BCUT2D eigenvalue weighted by atomic mass is 10.2. The monoisotopic (exact) mass is 293 g/mol. The number of fused-ring (bicyclic) bond motifs is 1. The SMILES string of the molecule is CCCOCCCNC(=O)c1sc2ncccc2c1N. The molecule has 5 nitrogen and oxygen atoms in total. The first kappa shape index (κ1) is 14.7. The molecule has 0 aliphatic rings. The summed E-state index contributed by atoms with van der Waals surface area (Å²) in [6, 6.07) is 3.70. The van der Waals surface area contributed by atoms with Gasteiger partial charge in [0, 0.05) is 31.3 Å². The Hall–Kier alpha value is -1.66. The lowest BCUT2D eigenvalue weighted by Crippen LogP contribution is -2.25. The Kier molecular flexibility index (Phi) is 5.31. The van der Waals surface area contributed by atoms with Crippen molar-refractivity contribution < 1.29 is 9.53 Å². The first-order chi connectivity index (χ1) is 9.74. The molecule has 20 heavy (non-hydrogen) atoms. The minimum absolute atomic E-state index is 0.138. The number of thiophene rings is 1. The molecule has 6 heteroatoms. The Morgan fingerprint density at radius 3 is 3.10 bits per heavy atom. The Balaban J connectivity index is 1.89. The van der Waals surface area contributed by atoms with E-state index in [1.54, 1.807) is 6.20 Å². The third-order valence-corrected chi connectivity index (χ3v) is 3.94. The molecule has 0 saturated heterocycles. The summed E-state index contributed by atoms with van der Waals surface area (Å²) in [4.78, 5) is 17.6. The lowest BCUT2D eigenvalue weighted by molar-refractivity contribution is 0.0946. The van der Waals surface area contributed by atoms with Gasteiger partial charge in [0.05, 0.1) is 5.69 Å². The van der Waals surface area contributed by atoms with Crippen LogP contribution in [-0.2, 0) is 4.74 Å². The molecule has 2 aromatic rings. The summed E-state index contributed by atoms with van der Waals surface area (Å²) < 4.78 is 5.36. The number of carbonyl (C=O) groups excluding carboxylic acids is 1. The smallest absolute Gasteiger partial charge is 0.263 e. The van der Waals surface area contributed by atoms with Gasteiger partial charge in [-0.15, -0.1) is 11.3 Å². The van der Waals surface area contributed by atoms with Crippen molar-refractivity contribution in [3.8, 4) is 0 Å². The predicted octanol–water partition coefficient (Wildman–Crippen LogP) is 2.42. The average molecular weight is 293 g/mol. The average Bonchev–Trinajstić information content (AvgIpc) is 2.80. The van der Waals surface area contributed by atoms with Crippen molar-refractivity contribution in [1.29, 1.82) is 0 Å². The summed E-state index contributed by atoms with van der Waals surface area (Å²) in [7, 11) is 0. The van der Waals surface area contributed by atoms with E-state index < -0.39 is 0 Å². The number of nitrogen functional groups attached to an aromatic ring is 1. The summed E-state index contributed by atoms with van der Waals surface area (Å²) in [6.07, 6.45) is 3.51. The molecule has 1 amide bonds. The Labute approximate surface area is 122 Å². The number of nitrogens with one attached hydrogen (secondary N) is 1. The fraction of sp³-hybridized carbons (Fsp3) is 0.429. The molecule has 0 atom stereocenters. The third kappa shape index (κ3) is 3.46. The molecule has 0 aromatic carbocycles. The van der Waals surface area contributed by atoms with E-state index in [4.69, 9.17) is 10.5 Å². The van der Waals surface area contributed by atoms with Crippen molar-refractivity contribution >= 4 is 33.1 Å². The van der Waals surface area contributed by atoms with Crippen LogP contribution in [0.4, 0.5) is 5.69 Å². The molecule has 2 rings (SSSR count). The standard InChI is InChI=1S/C14H19N3O2S/c1-2-8-19-9-4-7-16-13(18)12-11(15)10-5-3-6-17-14(10)20-12/h3,5-6H,2,4,7-9,15H2,1H3,(H,16,18). The second kappa shape index (κ2) is 7.21. The van der Waals surface area contributed by atoms with Crippen molar-refractivity contribution in [1.82, 2.24) is 10.3 Å². The summed E-state index contributed by atoms with van der Waals surface area (Å²) in [5.74, 6) is -0.138.